The van der Waals surface area contributed by atoms with Crippen LogP contribution in [0.3, 0.4) is 0 Å². The van der Waals surface area contributed by atoms with Gasteiger partial charge in [0.2, 0.25) is 5.79 Å². The van der Waals surface area contributed by atoms with Gasteiger partial charge >= 0.3 is 0 Å². The summed E-state index contributed by atoms with van der Waals surface area (Å²) in [6.45, 7) is 4.87. The molecule has 0 saturated carbocycles. The predicted octanol–water partition coefficient (Wildman–Crippen LogP) is 1.61. The number of carbonyl (C=O) groups is 1. The van der Waals surface area contributed by atoms with Crippen LogP contribution in [0.25, 0.3) is 0 Å². The van der Waals surface area contributed by atoms with E-state index in [1.165, 1.54) is 11.8 Å². The first kappa shape index (κ1) is 22.7. The SMILES string of the molecule is CCOC1(OC)C=CC(NC(=O)c2cnc(SC)nc2N2CCOCC2)=CC1OC. The molecule has 3 rings (SSSR count). The van der Waals surface area contributed by atoms with Gasteiger partial charge in [0.15, 0.2) is 5.16 Å². The van der Waals surface area contributed by atoms with E-state index in [1.54, 1.807) is 38.6 Å². The first-order valence-electron chi connectivity index (χ1n) is 9.75. The Balaban J connectivity index is 1.83. The van der Waals surface area contributed by atoms with Gasteiger partial charge in [-0.3, -0.25) is 4.79 Å². The third-order valence-corrected chi connectivity index (χ3v) is 5.47. The molecule has 0 spiro atoms. The third kappa shape index (κ3) is 4.84. The summed E-state index contributed by atoms with van der Waals surface area (Å²) < 4.78 is 22.3. The van der Waals surface area contributed by atoms with E-state index in [0.29, 0.717) is 55.1 Å². The molecule has 1 aliphatic carbocycles. The van der Waals surface area contributed by atoms with Gasteiger partial charge in [0, 0.05) is 45.8 Å². The zero-order valence-corrected chi connectivity index (χ0v) is 18.5. The van der Waals surface area contributed by atoms with Crippen molar-refractivity contribution in [1.29, 1.82) is 0 Å². The maximum Gasteiger partial charge on any atom is 0.260 e. The van der Waals surface area contributed by atoms with E-state index >= 15 is 0 Å². The first-order valence-corrected chi connectivity index (χ1v) is 11.0. The Morgan fingerprint density at radius 2 is 2.17 bits per heavy atom. The lowest BCUT2D eigenvalue weighted by atomic mass is 10.0. The fraction of sp³-hybridized carbons (Fsp3) is 0.550. The number of ether oxygens (including phenoxy) is 4. The van der Waals surface area contributed by atoms with Gasteiger partial charge in [0.1, 0.15) is 17.5 Å². The Bertz CT molecular complexity index is 812. The van der Waals surface area contributed by atoms with Crippen molar-refractivity contribution < 1.29 is 23.7 Å². The molecule has 1 amide bonds. The topological polar surface area (TPSA) is 95.0 Å². The molecule has 164 valence electrons. The number of thioether (sulfide) groups is 1. The molecular weight excluding hydrogens is 408 g/mol. The minimum absolute atomic E-state index is 0.295. The average Bonchev–Trinajstić information content (AvgIpc) is 2.80. The number of rotatable bonds is 8. The van der Waals surface area contributed by atoms with Crippen LogP contribution in [0, 0.1) is 0 Å². The molecule has 1 aliphatic heterocycles. The molecule has 1 fully saturated rings. The van der Waals surface area contributed by atoms with E-state index in [2.05, 4.69) is 15.3 Å². The molecule has 1 aromatic heterocycles. The second-order valence-electron chi connectivity index (χ2n) is 6.62. The van der Waals surface area contributed by atoms with Crippen LogP contribution in [-0.4, -0.2) is 81.2 Å². The van der Waals surface area contributed by atoms with Gasteiger partial charge in [-0.15, -0.1) is 0 Å². The summed E-state index contributed by atoms with van der Waals surface area (Å²) in [7, 11) is 3.13. The normalized spacial score (nSPS) is 23.9. The van der Waals surface area contributed by atoms with Crippen molar-refractivity contribution >= 4 is 23.5 Å². The monoisotopic (exact) mass is 436 g/mol. The third-order valence-electron chi connectivity index (χ3n) is 4.91. The highest BCUT2D eigenvalue weighted by Crippen LogP contribution is 2.28. The number of hydrogen-bond donors (Lipinski definition) is 1. The van der Waals surface area contributed by atoms with Crippen molar-refractivity contribution in [3.05, 3.63) is 35.7 Å². The highest BCUT2D eigenvalue weighted by Gasteiger charge is 2.39. The maximum atomic E-state index is 13.1. The lowest BCUT2D eigenvalue weighted by molar-refractivity contribution is -0.232. The molecule has 2 unspecified atom stereocenters. The van der Waals surface area contributed by atoms with Gasteiger partial charge in [-0.2, -0.15) is 0 Å². The van der Waals surface area contributed by atoms with Crippen LogP contribution in [0.4, 0.5) is 5.82 Å². The van der Waals surface area contributed by atoms with E-state index in [-0.39, 0.29) is 5.91 Å². The second-order valence-corrected chi connectivity index (χ2v) is 7.39. The average molecular weight is 437 g/mol. The van der Waals surface area contributed by atoms with Crippen LogP contribution in [0.5, 0.6) is 0 Å². The zero-order chi connectivity index (χ0) is 21.6. The Morgan fingerprint density at radius 1 is 1.40 bits per heavy atom. The molecule has 30 heavy (non-hydrogen) atoms. The number of carbonyl (C=O) groups excluding carboxylic acids is 1. The van der Waals surface area contributed by atoms with Crippen LogP contribution in [-0.2, 0) is 18.9 Å². The van der Waals surface area contributed by atoms with Gasteiger partial charge in [-0.05, 0) is 31.4 Å². The number of nitrogens with one attached hydrogen (secondary N) is 1. The van der Waals surface area contributed by atoms with Crippen molar-refractivity contribution in [2.45, 2.75) is 24.0 Å². The summed E-state index contributed by atoms with van der Waals surface area (Å²) in [6.07, 6.45) is 8.22. The molecule has 2 heterocycles. The van der Waals surface area contributed by atoms with Crippen LogP contribution in [0.1, 0.15) is 17.3 Å². The van der Waals surface area contributed by atoms with E-state index in [0.717, 1.165) is 0 Å². The van der Waals surface area contributed by atoms with Gasteiger partial charge in [-0.1, -0.05) is 11.8 Å². The highest BCUT2D eigenvalue weighted by molar-refractivity contribution is 7.98. The van der Waals surface area contributed by atoms with Crippen molar-refractivity contribution in [2.75, 3.05) is 58.3 Å². The Morgan fingerprint density at radius 3 is 2.80 bits per heavy atom. The fourth-order valence-electron chi connectivity index (χ4n) is 3.38. The smallest absolute Gasteiger partial charge is 0.260 e. The van der Waals surface area contributed by atoms with Crippen LogP contribution in [0.15, 0.2) is 35.3 Å². The molecule has 9 nitrogen and oxygen atoms in total. The highest BCUT2D eigenvalue weighted by atomic mass is 32.2. The number of morpholine rings is 1. The van der Waals surface area contributed by atoms with Gasteiger partial charge in [0.05, 0.1) is 13.2 Å². The summed E-state index contributed by atoms with van der Waals surface area (Å²) in [4.78, 5) is 24.0. The standard InChI is InChI=1S/C20H28N4O5S/c1-5-29-20(27-3)7-6-14(12-16(20)26-2)22-18(25)15-13-21-19(30-4)23-17(15)24-8-10-28-11-9-24/h6-7,12-13,16H,5,8-11H2,1-4H3,(H,22,25). The molecular formula is C20H28N4O5S. The fourth-order valence-corrected chi connectivity index (χ4v) is 3.72. The number of anilines is 1. The summed E-state index contributed by atoms with van der Waals surface area (Å²) >= 11 is 1.43. The van der Waals surface area contributed by atoms with Gasteiger partial charge in [0.25, 0.3) is 5.91 Å². The number of aromatic nitrogens is 2. The van der Waals surface area contributed by atoms with E-state index in [4.69, 9.17) is 18.9 Å². The maximum absolute atomic E-state index is 13.1. The Hall–Kier alpha value is -1.98. The predicted molar refractivity (Wildman–Crippen MR) is 114 cm³/mol. The molecule has 1 N–H and O–H groups in total. The largest absolute Gasteiger partial charge is 0.378 e. The van der Waals surface area contributed by atoms with Crippen LogP contribution in [0.2, 0.25) is 0 Å². The minimum atomic E-state index is -1.03. The Kier molecular flexibility index (Phi) is 7.84. The zero-order valence-electron chi connectivity index (χ0n) is 17.7. The van der Waals surface area contributed by atoms with Crippen LogP contribution >= 0.6 is 11.8 Å². The van der Waals surface area contributed by atoms with Crippen molar-refractivity contribution in [2.24, 2.45) is 0 Å². The number of amides is 1. The Labute approximate surface area is 180 Å². The summed E-state index contributed by atoms with van der Waals surface area (Å²) in [5.41, 5.74) is 0.993. The molecule has 0 bridgehead atoms. The number of nitrogens with zero attached hydrogens (tertiary/aromatic N) is 3. The lowest BCUT2D eigenvalue weighted by Crippen LogP contribution is -2.47. The van der Waals surface area contributed by atoms with Gasteiger partial charge < -0.3 is 29.2 Å². The van der Waals surface area contributed by atoms with E-state index in [1.807, 2.05) is 18.1 Å². The summed E-state index contributed by atoms with van der Waals surface area (Å²) in [6, 6.07) is 0. The van der Waals surface area contributed by atoms with Crippen molar-refractivity contribution in [3.63, 3.8) is 0 Å². The first-order chi connectivity index (χ1) is 14.6. The van der Waals surface area contributed by atoms with Crippen LogP contribution < -0.4 is 10.2 Å². The molecule has 1 aromatic rings. The van der Waals surface area contributed by atoms with Gasteiger partial charge in [-0.25, -0.2) is 9.97 Å². The van der Waals surface area contributed by atoms with E-state index in [9.17, 15) is 4.79 Å². The molecule has 2 aliphatic rings. The number of hydrogen-bond acceptors (Lipinski definition) is 9. The van der Waals surface area contributed by atoms with Crippen molar-refractivity contribution in [1.82, 2.24) is 15.3 Å². The summed E-state index contributed by atoms with van der Waals surface area (Å²) in [5, 5.41) is 3.54. The second kappa shape index (κ2) is 10.4. The molecule has 10 heteroatoms. The lowest BCUT2D eigenvalue weighted by Gasteiger charge is -2.36. The summed E-state index contributed by atoms with van der Waals surface area (Å²) in [5.74, 6) is -0.713. The molecule has 0 radical (unpaired) electrons. The van der Waals surface area contributed by atoms with E-state index < -0.39 is 11.9 Å². The molecule has 0 aromatic carbocycles. The molecule has 2 atom stereocenters. The quantitative estimate of drug-likeness (QED) is 0.370. The number of allylic oxidation sites excluding steroid dienone is 1. The minimum Gasteiger partial charge on any atom is -0.378 e. The number of methoxy groups -OCH3 is 2. The van der Waals surface area contributed by atoms with Crippen molar-refractivity contribution in [3.8, 4) is 0 Å². The molecule has 1 saturated heterocycles.